The minimum absolute atomic E-state index is 0.00199. The van der Waals surface area contributed by atoms with Gasteiger partial charge in [0.2, 0.25) is 0 Å². The van der Waals surface area contributed by atoms with Crippen LogP contribution in [0.4, 0.5) is 17.6 Å². The maximum atomic E-state index is 13.6. The molecule has 0 radical (unpaired) electrons. The second kappa shape index (κ2) is 7.32. The van der Waals surface area contributed by atoms with Gasteiger partial charge in [0.1, 0.15) is 11.5 Å². The molecule has 0 amide bonds. The van der Waals surface area contributed by atoms with E-state index in [1.54, 1.807) is 0 Å². The van der Waals surface area contributed by atoms with Crippen molar-refractivity contribution < 1.29 is 32.6 Å². The fourth-order valence-corrected chi connectivity index (χ4v) is 2.65. The number of carboxylic acid groups (broad SMARTS) is 1. The van der Waals surface area contributed by atoms with E-state index in [9.17, 15) is 27.5 Å². The van der Waals surface area contributed by atoms with E-state index in [4.69, 9.17) is 5.11 Å². The lowest BCUT2D eigenvalue weighted by Crippen LogP contribution is -2.09. The Morgan fingerprint density at radius 1 is 1.21 bits per heavy atom. The molecule has 0 spiro atoms. The molecule has 0 fully saturated rings. The van der Waals surface area contributed by atoms with Gasteiger partial charge < -0.3 is 10.2 Å². The third kappa shape index (κ3) is 3.68. The van der Waals surface area contributed by atoms with Gasteiger partial charge in [0, 0.05) is 12.6 Å². The molecule has 3 rings (SSSR count). The minimum atomic E-state index is -4.83. The number of aromatic carboxylic acids is 1. The molecule has 144 valence electrons. The van der Waals surface area contributed by atoms with Crippen molar-refractivity contribution >= 4 is 11.6 Å². The summed E-state index contributed by atoms with van der Waals surface area (Å²) >= 11 is 0. The molecule has 0 saturated carbocycles. The number of fused-ring (bicyclic) bond motifs is 1. The van der Waals surface area contributed by atoms with E-state index >= 15 is 0 Å². The molecular weight excluding hydrogens is 380 g/mol. The first kappa shape index (κ1) is 19.4. The molecular formula is C19H12F4N2O3. The van der Waals surface area contributed by atoms with Crippen LogP contribution >= 0.6 is 0 Å². The Kier molecular flexibility index (Phi) is 5.07. The largest absolute Gasteiger partial charge is 0.476 e. The van der Waals surface area contributed by atoms with Crippen molar-refractivity contribution in [3.05, 3.63) is 59.3 Å². The van der Waals surface area contributed by atoms with Gasteiger partial charge in [0.25, 0.3) is 0 Å². The topological polar surface area (TPSA) is 74.8 Å². The minimum Gasteiger partial charge on any atom is -0.476 e. The van der Waals surface area contributed by atoms with Crippen LogP contribution in [0.2, 0.25) is 0 Å². The van der Waals surface area contributed by atoms with Crippen LogP contribution in [0, 0.1) is 17.7 Å². The standard InChI is InChI=1S/C19H12F4N2O3/c20-13-5-3-4-11(8-13)12-9-14(19(21,22)23)17-24-16(18(27)28)15(25(17)10-12)6-1-2-7-26/h3-5,8-10,26H,2,7H2,(H,27,28). The van der Waals surface area contributed by atoms with Crippen LogP contribution in [-0.2, 0) is 6.18 Å². The van der Waals surface area contributed by atoms with Gasteiger partial charge in [0.05, 0.1) is 12.2 Å². The zero-order valence-electron chi connectivity index (χ0n) is 14.1. The zero-order valence-corrected chi connectivity index (χ0v) is 14.1. The van der Waals surface area contributed by atoms with Crippen molar-refractivity contribution in [1.82, 2.24) is 9.38 Å². The van der Waals surface area contributed by atoms with E-state index in [1.807, 2.05) is 0 Å². The number of hydrogen-bond acceptors (Lipinski definition) is 3. The summed E-state index contributed by atoms with van der Waals surface area (Å²) in [5.74, 6) is 2.76. The summed E-state index contributed by atoms with van der Waals surface area (Å²) in [7, 11) is 0. The zero-order chi connectivity index (χ0) is 20.5. The van der Waals surface area contributed by atoms with Gasteiger partial charge in [-0.15, -0.1) is 0 Å². The molecule has 0 aliphatic heterocycles. The number of benzene rings is 1. The number of imidazole rings is 1. The number of aromatic nitrogens is 2. The number of rotatable bonds is 3. The van der Waals surface area contributed by atoms with Gasteiger partial charge >= 0.3 is 12.1 Å². The molecule has 0 aliphatic rings. The van der Waals surface area contributed by atoms with Crippen LogP contribution in [0.5, 0.6) is 0 Å². The quantitative estimate of drug-likeness (QED) is 0.528. The van der Waals surface area contributed by atoms with Crippen LogP contribution in [0.15, 0.2) is 36.5 Å². The number of halogens is 4. The van der Waals surface area contributed by atoms with Crippen molar-refractivity contribution in [2.45, 2.75) is 12.6 Å². The van der Waals surface area contributed by atoms with Crippen LogP contribution in [0.1, 0.15) is 28.2 Å². The smallest absolute Gasteiger partial charge is 0.420 e. The molecule has 2 aromatic heterocycles. The molecule has 1 aromatic carbocycles. The number of hydrogen-bond donors (Lipinski definition) is 2. The SMILES string of the molecule is O=C(O)c1nc2c(C(F)(F)F)cc(-c3cccc(F)c3)cn2c1C#CCCO. The number of alkyl halides is 3. The Balaban J connectivity index is 2.39. The van der Waals surface area contributed by atoms with E-state index in [0.717, 1.165) is 22.6 Å². The lowest BCUT2D eigenvalue weighted by atomic mass is 10.1. The summed E-state index contributed by atoms with van der Waals surface area (Å²) in [4.78, 5) is 15.1. The lowest BCUT2D eigenvalue weighted by molar-refractivity contribution is -0.136. The fourth-order valence-electron chi connectivity index (χ4n) is 2.65. The van der Waals surface area contributed by atoms with Gasteiger partial charge in [0.15, 0.2) is 11.3 Å². The van der Waals surface area contributed by atoms with E-state index in [-0.39, 0.29) is 29.8 Å². The molecule has 5 nitrogen and oxygen atoms in total. The van der Waals surface area contributed by atoms with Crippen LogP contribution in [0.25, 0.3) is 16.8 Å². The highest BCUT2D eigenvalue weighted by Gasteiger charge is 2.36. The summed E-state index contributed by atoms with van der Waals surface area (Å²) in [6.07, 6.45) is -3.61. The molecule has 0 saturated heterocycles. The summed E-state index contributed by atoms with van der Waals surface area (Å²) < 4.78 is 55.3. The number of aliphatic hydroxyl groups excluding tert-OH is 1. The Morgan fingerprint density at radius 2 is 1.96 bits per heavy atom. The average molecular weight is 392 g/mol. The number of carboxylic acids is 1. The number of aliphatic hydroxyl groups is 1. The van der Waals surface area contributed by atoms with Gasteiger partial charge in [-0.2, -0.15) is 13.2 Å². The Morgan fingerprint density at radius 3 is 2.57 bits per heavy atom. The second-order valence-electron chi connectivity index (χ2n) is 5.73. The summed E-state index contributed by atoms with van der Waals surface area (Å²) in [5.41, 5.74) is -2.52. The molecule has 0 bridgehead atoms. The van der Waals surface area contributed by atoms with Crippen LogP contribution < -0.4 is 0 Å². The fraction of sp³-hybridized carbons (Fsp3) is 0.158. The molecule has 0 unspecified atom stereocenters. The molecule has 9 heteroatoms. The highest BCUT2D eigenvalue weighted by molar-refractivity contribution is 5.90. The van der Waals surface area contributed by atoms with Gasteiger partial charge in [-0.05, 0) is 35.2 Å². The Labute approximate surface area is 155 Å². The van der Waals surface area contributed by atoms with Crippen molar-refractivity contribution in [1.29, 1.82) is 0 Å². The highest BCUT2D eigenvalue weighted by atomic mass is 19.4. The Hall–Kier alpha value is -3.38. The molecule has 0 aliphatic carbocycles. The molecule has 3 aromatic rings. The summed E-state index contributed by atoms with van der Waals surface area (Å²) in [6.45, 7) is -0.297. The van der Waals surface area contributed by atoms with Crippen LogP contribution in [-0.4, -0.2) is 32.2 Å². The number of carbonyl (C=O) groups is 1. The normalized spacial score (nSPS) is 11.3. The lowest BCUT2D eigenvalue weighted by Gasteiger charge is -2.12. The van der Waals surface area contributed by atoms with E-state index in [2.05, 4.69) is 16.8 Å². The first-order valence-electron chi connectivity index (χ1n) is 7.94. The van der Waals surface area contributed by atoms with Crippen molar-refractivity contribution in [3.8, 4) is 23.0 Å². The molecule has 28 heavy (non-hydrogen) atoms. The van der Waals surface area contributed by atoms with Gasteiger partial charge in [-0.3, -0.25) is 4.40 Å². The molecule has 2 heterocycles. The number of pyridine rings is 1. The highest BCUT2D eigenvalue weighted by Crippen LogP contribution is 2.36. The second-order valence-corrected chi connectivity index (χ2v) is 5.73. The summed E-state index contributed by atoms with van der Waals surface area (Å²) in [6, 6.07) is 5.77. The predicted molar refractivity (Wildman–Crippen MR) is 91.1 cm³/mol. The number of nitrogens with zero attached hydrogens (tertiary/aromatic N) is 2. The molecule has 2 N–H and O–H groups in total. The van der Waals surface area contributed by atoms with E-state index in [1.165, 1.54) is 18.3 Å². The Bertz CT molecular complexity index is 1120. The van der Waals surface area contributed by atoms with Gasteiger partial charge in [-0.25, -0.2) is 14.2 Å². The van der Waals surface area contributed by atoms with Gasteiger partial charge in [-0.1, -0.05) is 18.1 Å². The average Bonchev–Trinajstić information content (AvgIpc) is 2.99. The van der Waals surface area contributed by atoms with E-state index < -0.39 is 34.9 Å². The van der Waals surface area contributed by atoms with Crippen molar-refractivity contribution in [3.63, 3.8) is 0 Å². The molecule has 0 atom stereocenters. The third-order valence-corrected chi connectivity index (χ3v) is 3.83. The third-order valence-electron chi connectivity index (χ3n) is 3.83. The monoisotopic (exact) mass is 392 g/mol. The first-order valence-corrected chi connectivity index (χ1v) is 7.94. The van der Waals surface area contributed by atoms with Crippen LogP contribution in [0.3, 0.4) is 0 Å². The van der Waals surface area contributed by atoms with Crippen molar-refractivity contribution in [2.75, 3.05) is 6.61 Å². The van der Waals surface area contributed by atoms with Crippen molar-refractivity contribution in [2.24, 2.45) is 0 Å². The summed E-state index contributed by atoms with van der Waals surface area (Å²) in [5, 5.41) is 18.1. The first-order chi connectivity index (χ1) is 13.2. The maximum Gasteiger partial charge on any atom is 0.420 e. The van der Waals surface area contributed by atoms with E-state index in [0.29, 0.717) is 0 Å². The maximum absolute atomic E-state index is 13.6. The predicted octanol–water partition coefficient (Wildman–Crippen LogP) is 3.59.